The Labute approximate surface area is 165 Å². The van der Waals surface area contributed by atoms with Gasteiger partial charge in [0.2, 0.25) is 12.8 Å². The summed E-state index contributed by atoms with van der Waals surface area (Å²) in [5.74, 6) is 0. The van der Waals surface area contributed by atoms with E-state index in [1.54, 1.807) is 0 Å². The van der Waals surface area contributed by atoms with Crippen molar-refractivity contribution in [1.82, 2.24) is 0 Å². The lowest BCUT2D eigenvalue weighted by atomic mass is 10.2. The zero-order valence-electron chi connectivity index (χ0n) is 12.9. The van der Waals surface area contributed by atoms with Crippen molar-refractivity contribution < 1.29 is 9.59 Å². The van der Waals surface area contributed by atoms with Gasteiger partial charge in [-0.2, -0.15) is 0 Å². The average Bonchev–Trinajstić information content (AvgIpc) is 2.57. The number of amides is 2. The predicted octanol–water partition coefficient (Wildman–Crippen LogP) is 5.67. The highest BCUT2D eigenvalue weighted by molar-refractivity contribution is 9.10. The Hall–Kier alpha value is -0.960. The summed E-state index contributed by atoms with van der Waals surface area (Å²) >= 11 is 6.92. The molecule has 0 radical (unpaired) electrons. The summed E-state index contributed by atoms with van der Waals surface area (Å²) in [5.41, 5.74) is 3.63. The molecule has 0 heterocycles. The highest BCUT2D eigenvalue weighted by Gasteiger charge is 2.14. The summed E-state index contributed by atoms with van der Waals surface area (Å²) in [7, 11) is 2.33. The van der Waals surface area contributed by atoms with Gasteiger partial charge >= 0.3 is 0 Å². The molecule has 0 aliphatic heterocycles. The fraction of sp³-hybridized carbons (Fsp3) is 0.125. The Morgan fingerprint density at radius 3 is 1.46 bits per heavy atom. The van der Waals surface area contributed by atoms with Crippen LogP contribution in [0.1, 0.15) is 11.1 Å². The lowest BCUT2D eigenvalue weighted by molar-refractivity contribution is -0.107. The van der Waals surface area contributed by atoms with Crippen molar-refractivity contribution in [3.63, 3.8) is 0 Å². The van der Waals surface area contributed by atoms with Crippen molar-refractivity contribution in [3.8, 4) is 0 Å². The van der Waals surface area contributed by atoms with Gasteiger partial charge in [0.1, 0.15) is 0 Å². The van der Waals surface area contributed by atoms with E-state index in [-0.39, 0.29) is 0 Å². The normalized spacial score (nSPS) is 10.3. The quantitative estimate of drug-likeness (QED) is 0.285. The number of aryl methyl sites for hydroxylation is 2. The molecule has 2 aromatic rings. The molecule has 0 fully saturated rings. The predicted molar refractivity (Wildman–Crippen MR) is 110 cm³/mol. The molecule has 2 amide bonds. The molecule has 0 bridgehead atoms. The van der Waals surface area contributed by atoms with E-state index in [9.17, 15) is 9.59 Å². The van der Waals surface area contributed by atoms with Gasteiger partial charge in [-0.25, -0.2) is 8.61 Å². The Bertz CT molecular complexity index is 695. The molecular formula is C16H14Br2N2O2S2. The number of carbonyl (C=O) groups is 2. The van der Waals surface area contributed by atoms with Crippen LogP contribution in [0.4, 0.5) is 11.4 Å². The highest BCUT2D eigenvalue weighted by atomic mass is 79.9. The van der Waals surface area contributed by atoms with Crippen molar-refractivity contribution in [2.75, 3.05) is 8.61 Å². The van der Waals surface area contributed by atoms with E-state index >= 15 is 0 Å². The molecule has 24 heavy (non-hydrogen) atoms. The monoisotopic (exact) mass is 488 g/mol. The molecule has 2 aromatic carbocycles. The SMILES string of the molecule is Cc1ccc(N(C=O)SSN(C=O)c2ccc(C)c(Br)c2)cc1Br. The first kappa shape index (κ1) is 19.4. The lowest BCUT2D eigenvalue weighted by Crippen LogP contribution is -2.15. The third-order valence-electron chi connectivity index (χ3n) is 3.21. The minimum atomic E-state index is 0.725. The second-order valence-corrected chi connectivity index (χ2v) is 8.57. The number of carbonyl (C=O) groups excluding carboxylic acids is 2. The Kier molecular flexibility index (Phi) is 7.21. The second kappa shape index (κ2) is 8.94. The van der Waals surface area contributed by atoms with Gasteiger partial charge in [-0.3, -0.25) is 9.59 Å². The first-order valence-electron chi connectivity index (χ1n) is 6.82. The molecule has 2 rings (SSSR count). The summed E-state index contributed by atoms with van der Waals surface area (Å²) in [6.45, 7) is 3.95. The van der Waals surface area contributed by atoms with Crippen LogP contribution in [0.3, 0.4) is 0 Å². The fourth-order valence-electron chi connectivity index (χ4n) is 1.75. The van der Waals surface area contributed by atoms with Crippen LogP contribution < -0.4 is 8.61 Å². The average molecular weight is 490 g/mol. The molecule has 0 aliphatic rings. The molecule has 126 valence electrons. The van der Waals surface area contributed by atoms with Crippen LogP contribution in [-0.2, 0) is 9.59 Å². The van der Waals surface area contributed by atoms with E-state index in [4.69, 9.17) is 0 Å². The molecule has 0 aromatic heterocycles. The van der Waals surface area contributed by atoms with Crippen LogP contribution in [-0.4, -0.2) is 12.8 Å². The molecule has 0 atom stereocenters. The van der Waals surface area contributed by atoms with Gasteiger partial charge in [-0.1, -0.05) is 44.0 Å². The summed E-state index contributed by atoms with van der Waals surface area (Å²) in [6.07, 6.45) is 1.45. The summed E-state index contributed by atoms with van der Waals surface area (Å²) in [6, 6.07) is 11.3. The summed E-state index contributed by atoms with van der Waals surface area (Å²) < 4.78 is 4.78. The number of halogens is 2. The van der Waals surface area contributed by atoms with E-state index in [1.807, 2.05) is 50.2 Å². The number of nitrogens with zero attached hydrogens (tertiary/aromatic N) is 2. The van der Waals surface area contributed by atoms with Gasteiger partial charge < -0.3 is 0 Å². The van der Waals surface area contributed by atoms with Gasteiger partial charge in [0.25, 0.3) is 0 Å². The summed E-state index contributed by atoms with van der Waals surface area (Å²) in [5, 5.41) is 0. The molecule has 0 spiro atoms. The smallest absolute Gasteiger partial charge is 0.224 e. The van der Waals surface area contributed by atoms with Crippen molar-refractivity contribution in [2.45, 2.75) is 13.8 Å². The third-order valence-corrected chi connectivity index (χ3v) is 7.06. The van der Waals surface area contributed by atoms with Crippen molar-refractivity contribution >= 4 is 78.0 Å². The highest BCUT2D eigenvalue weighted by Crippen LogP contribution is 2.37. The third kappa shape index (κ3) is 4.78. The minimum absolute atomic E-state index is 0.725. The fourth-order valence-corrected chi connectivity index (χ4v) is 4.26. The molecule has 4 nitrogen and oxygen atoms in total. The molecule has 0 N–H and O–H groups in total. The Morgan fingerprint density at radius 1 is 0.792 bits per heavy atom. The van der Waals surface area contributed by atoms with E-state index in [0.717, 1.165) is 44.3 Å². The maximum atomic E-state index is 11.4. The van der Waals surface area contributed by atoms with Gasteiger partial charge in [0.05, 0.1) is 33.3 Å². The topological polar surface area (TPSA) is 40.6 Å². The molecule has 8 heteroatoms. The number of rotatable bonds is 7. The maximum Gasteiger partial charge on any atom is 0.224 e. The number of benzene rings is 2. The van der Waals surface area contributed by atoms with Gasteiger partial charge in [0.15, 0.2) is 0 Å². The molecular weight excluding hydrogens is 476 g/mol. The lowest BCUT2D eigenvalue weighted by Gasteiger charge is -2.20. The van der Waals surface area contributed by atoms with Gasteiger partial charge in [-0.05, 0) is 49.2 Å². The largest absolute Gasteiger partial charge is 0.277 e. The standard InChI is InChI=1S/C16H14Br2N2O2S2/c1-11-3-5-13(7-15(11)17)19(9-21)23-24-20(10-22)14-6-4-12(2)16(18)8-14/h3-10H,1-2H3. The molecule has 0 saturated carbocycles. The van der Waals surface area contributed by atoms with Crippen molar-refractivity contribution in [3.05, 3.63) is 56.5 Å². The maximum absolute atomic E-state index is 11.4. The van der Waals surface area contributed by atoms with Crippen LogP contribution in [0.15, 0.2) is 45.3 Å². The molecule has 0 saturated heterocycles. The van der Waals surface area contributed by atoms with Crippen LogP contribution in [0, 0.1) is 13.8 Å². The van der Waals surface area contributed by atoms with Crippen LogP contribution in [0.2, 0.25) is 0 Å². The Morgan fingerprint density at radius 2 is 1.17 bits per heavy atom. The minimum Gasteiger partial charge on any atom is -0.277 e. The van der Waals surface area contributed by atoms with Gasteiger partial charge in [-0.15, -0.1) is 0 Å². The molecule has 0 unspecified atom stereocenters. The zero-order valence-corrected chi connectivity index (χ0v) is 17.7. The van der Waals surface area contributed by atoms with Gasteiger partial charge in [0, 0.05) is 8.95 Å². The van der Waals surface area contributed by atoms with Crippen LogP contribution in [0.25, 0.3) is 0 Å². The number of hydrogen-bond acceptors (Lipinski definition) is 4. The van der Waals surface area contributed by atoms with E-state index in [2.05, 4.69) is 31.9 Å². The van der Waals surface area contributed by atoms with E-state index in [0.29, 0.717) is 0 Å². The first-order chi connectivity index (χ1) is 11.5. The van der Waals surface area contributed by atoms with Crippen LogP contribution in [0.5, 0.6) is 0 Å². The van der Waals surface area contributed by atoms with Crippen molar-refractivity contribution in [2.24, 2.45) is 0 Å². The van der Waals surface area contributed by atoms with E-state index in [1.165, 1.54) is 30.6 Å². The number of anilines is 2. The van der Waals surface area contributed by atoms with E-state index < -0.39 is 0 Å². The Balaban J connectivity index is 2.12. The van der Waals surface area contributed by atoms with Crippen LogP contribution >= 0.6 is 53.8 Å². The summed E-state index contributed by atoms with van der Waals surface area (Å²) in [4.78, 5) is 22.8. The first-order valence-corrected chi connectivity index (χ1v) is 10.5. The number of hydrogen-bond donors (Lipinski definition) is 0. The zero-order chi connectivity index (χ0) is 17.7. The molecule has 0 aliphatic carbocycles. The second-order valence-electron chi connectivity index (χ2n) is 4.88. The van der Waals surface area contributed by atoms with Crippen molar-refractivity contribution in [1.29, 1.82) is 0 Å².